The van der Waals surface area contributed by atoms with E-state index in [-0.39, 0.29) is 0 Å². The van der Waals surface area contributed by atoms with E-state index in [0.29, 0.717) is 11.5 Å². The molecule has 0 saturated carbocycles. The van der Waals surface area contributed by atoms with Crippen molar-refractivity contribution in [2.45, 2.75) is 25.8 Å². The van der Waals surface area contributed by atoms with Crippen molar-refractivity contribution < 1.29 is 0 Å². The van der Waals surface area contributed by atoms with Gasteiger partial charge in [0.15, 0.2) is 11.5 Å². The molecule has 37 heavy (non-hydrogen) atoms. The Balaban J connectivity index is 1.26. The van der Waals surface area contributed by atoms with Crippen LogP contribution >= 0.6 is 0 Å². The molecule has 0 amide bonds. The zero-order valence-corrected chi connectivity index (χ0v) is 20.2. The molecule has 1 fully saturated rings. The number of piperidine rings is 1. The molecule has 0 aliphatic carbocycles. The summed E-state index contributed by atoms with van der Waals surface area (Å²) in [4.78, 5) is 29.3. The van der Waals surface area contributed by atoms with Crippen molar-refractivity contribution in [1.82, 2.24) is 45.0 Å². The minimum Gasteiger partial charge on any atom is -0.336 e. The Kier molecular flexibility index (Phi) is 5.40. The second-order valence-electron chi connectivity index (χ2n) is 9.44. The topological polar surface area (TPSA) is 112 Å². The van der Waals surface area contributed by atoms with E-state index in [4.69, 9.17) is 9.97 Å². The van der Waals surface area contributed by atoms with Gasteiger partial charge in [0.1, 0.15) is 16.7 Å². The normalized spacial score (nSPS) is 14.5. The average molecular weight is 488 g/mol. The number of imidazole rings is 1. The maximum Gasteiger partial charge on any atom is 0.161 e. The van der Waals surface area contributed by atoms with Crippen LogP contribution in [0.1, 0.15) is 24.8 Å². The number of nitrogens with zero attached hydrogens (tertiary/aromatic N) is 7. The first-order chi connectivity index (χ1) is 18.3. The molecule has 0 radical (unpaired) electrons. The lowest BCUT2D eigenvalue weighted by molar-refractivity contribution is 0.220. The molecule has 182 valence electrons. The van der Waals surface area contributed by atoms with Gasteiger partial charge >= 0.3 is 0 Å². The van der Waals surface area contributed by atoms with Crippen molar-refractivity contribution in [3.05, 3.63) is 72.8 Å². The average Bonchev–Trinajstić information content (AvgIpc) is 3.58. The molecule has 9 heteroatoms. The van der Waals surface area contributed by atoms with E-state index < -0.39 is 0 Å². The van der Waals surface area contributed by atoms with Crippen molar-refractivity contribution in [3.63, 3.8) is 0 Å². The Hall–Kier alpha value is -4.50. The van der Waals surface area contributed by atoms with Gasteiger partial charge in [0.05, 0.1) is 22.4 Å². The van der Waals surface area contributed by atoms with Gasteiger partial charge < -0.3 is 4.98 Å². The third-order valence-corrected chi connectivity index (χ3v) is 6.89. The lowest BCUT2D eigenvalue weighted by Gasteiger charge is -2.26. The third-order valence-electron chi connectivity index (χ3n) is 6.89. The summed E-state index contributed by atoms with van der Waals surface area (Å²) in [5.74, 6) is 0.632. The van der Waals surface area contributed by atoms with E-state index in [1.807, 2.05) is 48.8 Å². The zero-order valence-electron chi connectivity index (χ0n) is 20.2. The number of rotatable bonds is 5. The van der Waals surface area contributed by atoms with Crippen LogP contribution in [0, 0.1) is 0 Å². The SMILES string of the molecule is c1ccc(-c2nccc3[nH]c(-c4n[nH]c5ccc(-c6cncc(CN7CCCCC7)c6)nc45)nc23)nc1. The maximum atomic E-state index is 4.99. The minimum atomic E-state index is 0.632. The number of aromatic nitrogens is 8. The fourth-order valence-corrected chi connectivity index (χ4v) is 5.05. The van der Waals surface area contributed by atoms with E-state index in [0.717, 1.165) is 64.3 Å². The Morgan fingerprint density at radius 1 is 0.784 bits per heavy atom. The Bertz CT molecular complexity index is 1700. The summed E-state index contributed by atoms with van der Waals surface area (Å²) >= 11 is 0. The molecule has 9 nitrogen and oxygen atoms in total. The number of hydrogen-bond donors (Lipinski definition) is 2. The van der Waals surface area contributed by atoms with Crippen molar-refractivity contribution >= 4 is 22.1 Å². The highest BCUT2D eigenvalue weighted by atomic mass is 15.2. The van der Waals surface area contributed by atoms with Gasteiger partial charge in [-0.05, 0) is 67.9 Å². The molecule has 0 aromatic carbocycles. The van der Waals surface area contributed by atoms with E-state index in [2.05, 4.69) is 41.1 Å². The van der Waals surface area contributed by atoms with Crippen LogP contribution in [-0.2, 0) is 6.54 Å². The summed E-state index contributed by atoms with van der Waals surface area (Å²) in [5.41, 5.74) is 8.44. The van der Waals surface area contributed by atoms with Gasteiger partial charge in [-0.1, -0.05) is 12.5 Å². The molecule has 0 bridgehead atoms. The van der Waals surface area contributed by atoms with Crippen molar-refractivity contribution in [2.75, 3.05) is 13.1 Å². The molecule has 7 heterocycles. The Labute approximate surface area is 213 Å². The molecule has 0 atom stereocenters. The molecule has 2 N–H and O–H groups in total. The fourth-order valence-electron chi connectivity index (χ4n) is 5.05. The number of likely N-dealkylation sites (tertiary alicyclic amines) is 1. The number of aromatic amines is 2. The highest BCUT2D eigenvalue weighted by molar-refractivity contribution is 5.94. The van der Waals surface area contributed by atoms with Crippen LogP contribution in [0.5, 0.6) is 0 Å². The molecule has 0 spiro atoms. The fraction of sp³-hybridized carbons (Fsp3) is 0.214. The zero-order chi connectivity index (χ0) is 24.6. The molecule has 6 aromatic heterocycles. The molecule has 6 aromatic rings. The van der Waals surface area contributed by atoms with Crippen LogP contribution in [-0.4, -0.2) is 58.1 Å². The summed E-state index contributed by atoms with van der Waals surface area (Å²) in [5, 5.41) is 7.65. The summed E-state index contributed by atoms with van der Waals surface area (Å²) in [6, 6.07) is 13.9. The minimum absolute atomic E-state index is 0.632. The Morgan fingerprint density at radius 2 is 1.70 bits per heavy atom. The Morgan fingerprint density at radius 3 is 2.59 bits per heavy atom. The molecule has 1 aliphatic heterocycles. The molecule has 7 rings (SSSR count). The second kappa shape index (κ2) is 9.18. The predicted molar refractivity (Wildman–Crippen MR) is 142 cm³/mol. The first-order valence-electron chi connectivity index (χ1n) is 12.6. The number of H-pyrrole nitrogens is 2. The van der Waals surface area contributed by atoms with Crippen LogP contribution in [0.25, 0.3) is 56.2 Å². The first kappa shape index (κ1) is 21.8. The van der Waals surface area contributed by atoms with E-state index >= 15 is 0 Å². The number of hydrogen-bond acceptors (Lipinski definition) is 7. The number of pyridine rings is 4. The number of nitrogens with one attached hydrogen (secondary N) is 2. The molecular weight excluding hydrogens is 462 g/mol. The third kappa shape index (κ3) is 4.13. The largest absolute Gasteiger partial charge is 0.336 e. The summed E-state index contributed by atoms with van der Waals surface area (Å²) in [6.07, 6.45) is 11.2. The lowest BCUT2D eigenvalue weighted by Crippen LogP contribution is -2.29. The predicted octanol–water partition coefficient (Wildman–Crippen LogP) is 5.01. The van der Waals surface area contributed by atoms with Crippen LogP contribution < -0.4 is 0 Å². The van der Waals surface area contributed by atoms with E-state index in [1.54, 1.807) is 12.4 Å². The summed E-state index contributed by atoms with van der Waals surface area (Å²) in [7, 11) is 0. The van der Waals surface area contributed by atoms with Crippen LogP contribution in [0.3, 0.4) is 0 Å². The van der Waals surface area contributed by atoms with Gasteiger partial charge in [0.2, 0.25) is 0 Å². The van der Waals surface area contributed by atoms with Gasteiger partial charge in [-0.3, -0.25) is 25.0 Å². The highest BCUT2D eigenvalue weighted by Gasteiger charge is 2.18. The maximum absolute atomic E-state index is 4.99. The van der Waals surface area contributed by atoms with Gasteiger partial charge in [-0.2, -0.15) is 5.10 Å². The second-order valence-corrected chi connectivity index (χ2v) is 9.44. The first-order valence-corrected chi connectivity index (χ1v) is 12.6. The van der Waals surface area contributed by atoms with Crippen LogP contribution in [0.2, 0.25) is 0 Å². The smallest absolute Gasteiger partial charge is 0.161 e. The van der Waals surface area contributed by atoms with Crippen molar-refractivity contribution in [1.29, 1.82) is 0 Å². The standard InChI is InChI=1S/C28H25N9/c1-4-12-37(13-5-1)17-18-14-19(16-29-15-18)20-7-8-23-26(32-20)27(36-35-23)28-33-22-9-11-31-24(25(22)34-28)21-6-2-3-10-30-21/h2-3,6-11,14-16H,1,4-5,12-13,17H2,(H,33,34)(H,35,36). The summed E-state index contributed by atoms with van der Waals surface area (Å²) in [6.45, 7) is 3.23. The van der Waals surface area contributed by atoms with Crippen LogP contribution in [0.15, 0.2) is 67.3 Å². The quantitative estimate of drug-likeness (QED) is 0.352. The van der Waals surface area contributed by atoms with Crippen molar-refractivity contribution in [3.8, 4) is 34.2 Å². The lowest BCUT2D eigenvalue weighted by atomic mass is 10.1. The van der Waals surface area contributed by atoms with Gasteiger partial charge in [-0.25, -0.2) is 9.97 Å². The van der Waals surface area contributed by atoms with Crippen molar-refractivity contribution in [2.24, 2.45) is 0 Å². The molecule has 1 saturated heterocycles. The van der Waals surface area contributed by atoms with E-state index in [9.17, 15) is 0 Å². The highest BCUT2D eigenvalue weighted by Crippen LogP contribution is 2.30. The molecule has 0 unspecified atom stereocenters. The van der Waals surface area contributed by atoms with E-state index in [1.165, 1.54) is 24.8 Å². The van der Waals surface area contributed by atoms with Gasteiger partial charge in [0, 0.05) is 36.9 Å². The van der Waals surface area contributed by atoms with Gasteiger partial charge in [0.25, 0.3) is 0 Å². The monoisotopic (exact) mass is 487 g/mol. The van der Waals surface area contributed by atoms with Gasteiger partial charge in [-0.15, -0.1) is 0 Å². The summed E-state index contributed by atoms with van der Waals surface area (Å²) < 4.78 is 0. The number of fused-ring (bicyclic) bond motifs is 2. The van der Waals surface area contributed by atoms with Crippen LogP contribution in [0.4, 0.5) is 0 Å². The molecular formula is C28H25N9. The molecule has 1 aliphatic rings.